The largest absolute Gasteiger partial charge is 0.444 e. The molecule has 0 saturated heterocycles. The molecule has 1 aromatic rings. The van der Waals surface area contributed by atoms with Crippen molar-refractivity contribution in [2.75, 3.05) is 13.7 Å². The second kappa shape index (κ2) is 8.53. The van der Waals surface area contributed by atoms with Crippen molar-refractivity contribution >= 4 is 12.0 Å². The van der Waals surface area contributed by atoms with Gasteiger partial charge in [-0.25, -0.2) is 4.79 Å². The Morgan fingerprint density at radius 2 is 1.74 bits per heavy atom. The molecule has 0 aromatic heterocycles. The average molecular weight is 322 g/mol. The molecule has 0 spiro atoms. The third kappa shape index (κ3) is 7.15. The predicted octanol–water partition coefficient (Wildman–Crippen LogP) is 2.40. The van der Waals surface area contributed by atoms with E-state index in [4.69, 9.17) is 9.47 Å². The van der Waals surface area contributed by atoms with Gasteiger partial charge in [0, 0.05) is 13.2 Å². The normalized spacial score (nSPS) is 13.8. The first-order chi connectivity index (χ1) is 10.7. The lowest BCUT2D eigenvalue weighted by Gasteiger charge is -2.24. The van der Waals surface area contributed by atoms with Crippen LogP contribution in [-0.4, -0.2) is 37.4 Å². The molecule has 6 nitrogen and oxygen atoms in total. The van der Waals surface area contributed by atoms with Crippen molar-refractivity contribution in [2.45, 2.75) is 45.4 Å². The van der Waals surface area contributed by atoms with Crippen LogP contribution in [0.15, 0.2) is 30.3 Å². The van der Waals surface area contributed by atoms with Crippen LogP contribution in [0.1, 0.15) is 39.3 Å². The van der Waals surface area contributed by atoms with Crippen LogP contribution in [0, 0.1) is 0 Å². The second-order valence-corrected chi connectivity index (χ2v) is 6.35. The van der Waals surface area contributed by atoms with Crippen LogP contribution >= 0.6 is 0 Å². The summed E-state index contributed by atoms with van der Waals surface area (Å²) < 4.78 is 10.2. The van der Waals surface area contributed by atoms with Gasteiger partial charge < -0.3 is 20.1 Å². The van der Waals surface area contributed by atoms with E-state index in [1.165, 1.54) is 0 Å². The Balaban J connectivity index is 2.86. The fourth-order valence-corrected chi connectivity index (χ4v) is 1.99. The Hall–Kier alpha value is -2.08. The number of nitrogens with one attached hydrogen (secondary N) is 2. The summed E-state index contributed by atoms with van der Waals surface area (Å²) in [6.07, 6.45) is -0.638. The fraction of sp³-hybridized carbons (Fsp3) is 0.529. The number of benzene rings is 1. The molecule has 2 atom stereocenters. The molecule has 0 bridgehead atoms. The molecule has 0 aliphatic heterocycles. The Bertz CT molecular complexity index is 511. The van der Waals surface area contributed by atoms with Crippen molar-refractivity contribution in [2.24, 2.45) is 0 Å². The number of rotatable bonds is 6. The van der Waals surface area contributed by atoms with Crippen molar-refractivity contribution in [1.29, 1.82) is 0 Å². The highest BCUT2D eigenvalue weighted by Gasteiger charge is 2.26. The minimum absolute atomic E-state index is 0.167. The molecular weight excluding hydrogens is 296 g/mol. The van der Waals surface area contributed by atoms with Crippen molar-refractivity contribution in [1.82, 2.24) is 10.6 Å². The summed E-state index contributed by atoms with van der Waals surface area (Å²) in [5.41, 5.74) is 0.0472. The zero-order chi connectivity index (χ0) is 17.5. The average Bonchev–Trinajstić information content (AvgIpc) is 2.44. The Labute approximate surface area is 137 Å². The van der Waals surface area contributed by atoms with E-state index in [0.717, 1.165) is 0 Å². The molecule has 1 aromatic carbocycles. The third-order valence-corrected chi connectivity index (χ3v) is 2.86. The number of ether oxygens (including phenoxy) is 2. The molecule has 23 heavy (non-hydrogen) atoms. The standard InChI is InChI=1S/C17H26N2O4/c1-12(11-22-5)18-15(20)14(13-9-7-6-8-10-13)19-16(21)23-17(2,3)4/h6-10,12,14H,11H2,1-5H3,(H,18,20)(H,19,21)/t12-,14?/m0/s1. The van der Waals surface area contributed by atoms with Crippen LogP contribution in [-0.2, 0) is 14.3 Å². The maximum Gasteiger partial charge on any atom is 0.408 e. The zero-order valence-electron chi connectivity index (χ0n) is 14.4. The van der Waals surface area contributed by atoms with Gasteiger partial charge in [-0.2, -0.15) is 0 Å². The van der Waals surface area contributed by atoms with E-state index in [1.807, 2.05) is 25.1 Å². The van der Waals surface area contributed by atoms with Crippen LogP contribution in [0.25, 0.3) is 0 Å². The van der Waals surface area contributed by atoms with E-state index in [0.29, 0.717) is 12.2 Å². The molecule has 0 aliphatic carbocycles. The predicted molar refractivity (Wildman–Crippen MR) is 88.0 cm³/mol. The molecule has 0 fully saturated rings. The van der Waals surface area contributed by atoms with Gasteiger partial charge in [-0.1, -0.05) is 30.3 Å². The maximum atomic E-state index is 12.5. The van der Waals surface area contributed by atoms with Gasteiger partial charge in [0.15, 0.2) is 0 Å². The van der Waals surface area contributed by atoms with E-state index < -0.39 is 17.7 Å². The number of hydrogen-bond donors (Lipinski definition) is 2. The number of carbonyl (C=O) groups excluding carboxylic acids is 2. The zero-order valence-corrected chi connectivity index (χ0v) is 14.4. The summed E-state index contributed by atoms with van der Waals surface area (Å²) in [5.74, 6) is -0.313. The minimum atomic E-state index is -0.828. The topological polar surface area (TPSA) is 76.7 Å². The lowest BCUT2D eigenvalue weighted by atomic mass is 10.1. The lowest BCUT2D eigenvalue weighted by molar-refractivity contribution is -0.124. The molecule has 0 saturated carbocycles. The van der Waals surface area contributed by atoms with Crippen LogP contribution < -0.4 is 10.6 Å². The summed E-state index contributed by atoms with van der Waals surface area (Å²) in [7, 11) is 1.57. The second-order valence-electron chi connectivity index (χ2n) is 6.35. The molecule has 6 heteroatoms. The molecule has 1 unspecified atom stereocenters. The number of methoxy groups -OCH3 is 1. The van der Waals surface area contributed by atoms with Gasteiger partial charge in [0.1, 0.15) is 11.6 Å². The summed E-state index contributed by atoms with van der Waals surface area (Å²) in [6, 6.07) is 8.03. The molecule has 0 radical (unpaired) electrons. The highest BCUT2D eigenvalue weighted by molar-refractivity contribution is 5.87. The molecule has 128 valence electrons. The number of amides is 2. The minimum Gasteiger partial charge on any atom is -0.444 e. The van der Waals surface area contributed by atoms with Crippen molar-refractivity contribution in [3.8, 4) is 0 Å². The third-order valence-electron chi connectivity index (χ3n) is 2.86. The van der Waals surface area contributed by atoms with E-state index >= 15 is 0 Å². The van der Waals surface area contributed by atoms with Gasteiger partial charge in [0.05, 0.1) is 6.61 Å². The Morgan fingerprint density at radius 3 is 2.26 bits per heavy atom. The van der Waals surface area contributed by atoms with Gasteiger partial charge in [-0.05, 0) is 33.3 Å². The maximum absolute atomic E-state index is 12.5. The van der Waals surface area contributed by atoms with Crippen LogP contribution in [0.3, 0.4) is 0 Å². The van der Waals surface area contributed by atoms with Gasteiger partial charge in [-0.15, -0.1) is 0 Å². The summed E-state index contributed by atoms with van der Waals surface area (Å²) >= 11 is 0. The van der Waals surface area contributed by atoms with E-state index in [2.05, 4.69) is 10.6 Å². The number of hydrogen-bond acceptors (Lipinski definition) is 4. The molecule has 0 heterocycles. The first-order valence-electron chi connectivity index (χ1n) is 7.56. The van der Waals surface area contributed by atoms with E-state index in [1.54, 1.807) is 40.0 Å². The molecule has 2 amide bonds. The molecular formula is C17H26N2O4. The number of alkyl carbamates (subject to hydrolysis) is 1. The van der Waals surface area contributed by atoms with Gasteiger partial charge in [0.2, 0.25) is 5.91 Å². The first-order valence-corrected chi connectivity index (χ1v) is 7.56. The van der Waals surface area contributed by atoms with E-state index in [9.17, 15) is 9.59 Å². The summed E-state index contributed by atoms with van der Waals surface area (Å²) in [5, 5.41) is 5.44. The van der Waals surface area contributed by atoms with Gasteiger partial charge in [0.25, 0.3) is 0 Å². The Morgan fingerprint density at radius 1 is 1.13 bits per heavy atom. The Kier molecular flexibility index (Phi) is 7.03. The highest BCUT2D eigenvalue weighted by Crippen LogP contribution is 2.15. The first kappa shape index (κ1) is 19.0. The van der Waals surface area contributed by atoms with Crippen molar-refractivity contribution in [3.05, 3.63) is 35.9 Å². The highest BCUT2D eigenvalue weighted by atomic mass is 16.6. The summed E-state index contributed by atoms with van der Waals surface area (Å²) in [6.45, 7) is 7.52. The van der Waals surface area contributed by atoms with Gasteiger partial charge in [-0.3, -0.25) is 4.79 Å². The van der Waals surface area contributed by atoms with Crippen LogP contribution in [0.4, 0.5) is 4.79 Å². The number of carbonyl (C=O) groups is 2. The fourth-order valence-electron chi connectivity index (χ4n) is 1.99. The van der Waals surface area contributed by atoms with E-state index in [-0.39, 0.29) is 11.9 Å². The smallest absolute Gasteiger partial charge is 0.408 e. The van der Waals surface area contributed by atoms with Crippen LogP contribution in [0.2, 0.25) is 0 Å². The quantitative estimate of drug-likeness (QED) is 0.843. The SMILES string of the molecule is COC[C@H](C)NC(=O)C(NC(=O)OC(C)(C)C)c1ccccc1. The molecule has 0 aliphatic rings. The lowest BCUT2D eigenvalue weighted by Crippen LogP contribution is -2.45. The van der Waals surface area contributed by atoms with Crippen molar-refractivity contribution in [3.63, 3.8) is 0 Å². The summed E-state index contributed by atoms with van der Waals surface area (Å²) in [4.78, 5) is 24.5. The van der Waals surface area contributed by atoms with Crippen molar-refractivity contribution < 1.29 is 19.1 Å². The molecule has 1 rings (SSSR count). The van der Waals surface area contributed by atoms with Crippen LogP contribution in [0.5, 0.6) is 0 Å². The van der Waals surface area contributed by atoms with Gasteiger partial charge >= 0.3 is 6.09 Å². The molecule has 2 N–H and O–H groups in total. The monoisotopic (exact) mass is 322 g/mol.